The molecule has 4 heteroatoms. The van der Waals surface area contributed by atoms with Gasteiger partial charge in [-0.05, 0) is 46.6 Å². The van der Waals surface area contributed by atoms with E-state index in [9.17, 15) is 0 Å². The largest absolute Gasteiger partial charge is 0.493 e. The molecule has 1 aliphatic heterocycles. The molecule has 0 saturated carbocycles. The molecule has 1 N–H and O–H groups in total. The molecule has 0 saturated heterocycles. The topological polar surface area (TPSA) is 21.3 Å². The van der Waals surface area contributed by atoms with Crippen LogP contribution in [0.25, 0.3) is 0 Å². The van der Waals surface area contributed by atoms with Crippen LogP contribution in [0.3, 0.4) is 0 Å². The van der Waals surface area contributed by atoms with Crippen LogP contribution in [0.1, 0.15) is 35.4 Å². The Labute approximate surface area is 132 Å². The highest BCUT2D eigenvalue weighted by molar-refractivity contribution is 9.11. The van der Waals surface area contributed by atoms with Crippen LogP contribution in [-0.2, 0) is 6.42 Å². The van der Waals surface area contributed by atoms with Crippen molar-refractivity contribution >= 4 is 27.3 Å². The van der Waals surface area contributed by atoms with E-state index in [0.717, 1.165) is 31.7 Å². The normalized spacial score (nSPS) is 14.9. The quantitative estimate of drug-likeness (QED) is 0.853. The fourth-order valence-electron chi connectivity index (χ4n) is 2.60. The summed E-state index contributed by atoms with van der Waals surface area (Å²) in [5.41, 5.74) is 2.60. The molecule has 1 atom stereocenters. The number of benzene rings is 1. The predicted molar refractivity (Wildman–Crippen MR) is 87.8 cm³/mol. The standard InChI is InChI=1S/C16H18BrNOS/c1-2-9-18-15(13-6-7-14(17)20-13)12-5-3-4-11-8-10-19-16(11)12/h3-7,15,18H,2,8-10H2,1H3. The van der Waals surface area contributed by atoms with Gasteiger partial charge in [0, 0.05) is 16.9 Å². The predicted octanol–water partition coefficient (Wildman–Crippen LogP) is 4.53. The highest BCUT2D eigenvalue weighted by Crippen LogP contribution is 2.39. The zero-order valence-corrected chi connectivity index (χ0v) is 13.9. The summed E-state index contributed by atoms with van der Waals surface area (Å²) in [5.74, 6) is 1.09. The van der Waals surface area contributed by atoms with Gasteiger partial charge < -0.3 is 10.1 Å². The maximum Gasteiger partial charge on any atom is 0.127 e. The summed E-state index contributed by atoms with van der Waals surface area (Å²) in [6, 6.07) is 11.0. The van der Waals surface area contributed by atoms with E-state index in [-0.39, 0.29) is 6.04 Å². The molecule has 2 aromatic rings. The first-order valence-electron chi connectivity index (χ1n) is 7.02. The third kappa shape index (κ3) is 2.78. The Hall–Kier alpha value is -0.840. The Morgan fingerprint density at radius 3 is 3.00 bits per heavy atom. The lowest BCUT2D eigenvalue weighted by atomic mass is 10.0. The SMILES string of the molecule is CCCNC(c1ccc(Br)s1)c1cccc2c1OCC2. The molecular weight excluding hydrogens is 334 g/mol. The number of ether oxygens (including phenoxy) is 1. The molecule has 2 nitrogen and oxygen atoms in total. The van der Waals surface area contributed by atoms with Gasteiger partial charge in [-0.2, -0.15) is 0 Å². The molecule has 1 aromatic carbocycles. The molecular formula is C16H18BrNOS. The van der Waals surface area contributed by atoms with E-state index in [4.69, 9.17) is 4.74 Å². The maximum atomic E-state index is 5.87. The number of halogens is 1. The average molecular weight is 352 g/mol. The summed E-state index contributed by atoms with van der Waals surface area (Å²) in [5, 5.41) is 3.65. The van der Waals surface area contributed by atoms with Gasteiger partial charge in [-0.1, -0.05) is 25.1 Å². The molecule has 3 rings (SSSR count). The third-order valence-corrected chi connectivity index (χ3v) is 5.22. The molecule has 0 amide bonds. The molecule has 0 spiro atoms. The van der Waals surface area contributed by atoms with Crippen molar-refractivity contribution in [1.29, 1.82) is 0 Å². The molecule has 1 unspecified atom stereocenters. The minimum absolute atomic E-state index is 0.222. The summed E-state index contributed by atoms with van der Waals surface area (Å²) < 4.78 is 7.04. The van der Waals surface area contributed by atoms with Gasteiger partial charge in [-0.3, -0.25) is 0 Å². The monoisotopic (exact) mass is 351 g/mol. The number of hydrogen-bond acceptors (Lipinski definition) is 3. The first-order valence-corrected chi connectivity index (χ1v) is 8.63. The van der Waals surface area contributed by atoms with Crippen LogP contribution < -0.4 is 10.1 Å². The molecule has 0 radical (unpaired) electrons. The Morgan fingerprint density at radius 2 is 2.25 bits per heavy atom. The van der Waals surface area contributed by atoms with Gasteiger partial charge in [0.2, 0.25) is 0 Å². The summed E-state index contributed by atoms with van der Waals surface area (Å²) in [4.78, 5) is 1.33. The van der Waals surface area contributed by atoms with Gasteiger partial charge in [0.1, 0.15) is 5.75 Å². The van der Waals surface area contributed by atoms with Gasteiger partial charge >= 0.3 is 0 Å². The van der Waals surface area contributed by atoms with Gasteiger partial charge in [0.15, 0.2) is 0 Å². The Bertz CT molecular complexity index is 596. The van der Waals surface area contributed by atoms with Crippen LogP contribution in [0.2, 0.25) is 0 Å². The van der Waals surface area contributed by atoms with E-state index in [2.05, 4.69) is 58.5 Å². The van der Waals surface area contributed by atoms with Crippen molar-refractivity contribution in [2.45, 2.75) is 25.8 Å². The van der Waals surface area contributed by atoms with Crippen LogP contribution in [0.15, 0.2) is 34.1 Å². The van der Waals surface area contributed by atoms with Crippen molar-refractivity contribution in [3.8, 4) is 5.75 Å². The molecule has 2 heterocycles. The number of thiophene rings is 1. The van der Waals surface area contributed by atoms with Crippen LogP contribution in [0, 0.1) is 0 Å². The van der Waals surface area contributed by atoms with Gasteiger partial charge in [-0.25, -0.2) is 0 Å². The number of rotatable bonds is 5. The van der Waals surface area contributed by atoms with E-state index in [1.165, 1.54) is 19.8 Å². The van der Waals surface area contributed by atoms with Crippen molar-refractivity contribution in [2.24, 2.45) is 0 Å². The second-order valence-corrected chi connectivity index (χ2v) is 7.46. The van der Waals surface area contributed by atoms with Crippen molar-refractivity contribution in [3.05, 3.63) is 50.1 Å². The lowest BCUT2D eigenvalue weighted by Crippen LogP contribution is -2.22. The molecule has 0 aliphatic carbocycles. The summed E-state index contributed by atoms with van der Waals surface area (Å²) in [6.45, 7) is 4.01. The van der Waals surface area contributed by atoms with Crippen molar-refractivity contribution in [2.75, 3.05) is 13.2 Å². The molecule has 0 fully saturated rings. The number of nitrogens with one attached hydrogen (secondary N) is 1. The molecule has 1 aromatic heterocycles. The zero-order valence-electron chi connectivity index (χ0n) is 11.5. The Morgan fingerprint density at radius 1 is 1.35 bits per heavy atom. The van der Waals surface area contributed by atoms with Crippen LogP contribution in [0.4, 0.5) is 0 Å². The van der Waals surface area contributed by atoms with E-state index >= 15 is 0 Å². The fourth-order valence-corrected chi connectivity index (χ4v) is 4.12. The smallest absolute Gasteiger partial charge is 0.127 e. The molecule has 20 heavy (non-hydrogen) atoms. The highest BCUT2D eigenvalue weighted by atomic mass is 79.9. The minimum Gasteiger partial charge on any atom is -0.493 e. The number of fused-ring (bicyclic) bond motifs is 1. The van der Waals surface area contributed by atoms with Crippen molar-refractivity contribution < 1.29 is 4.74 Å². The average Bonchev–Trinajstić information content (AvgIpc) is 3.08. The summed E-state index contributed by atoms with van der Waals surface area (Å²) in [7, 11) is 0. The highest BCUT2D eigenvalue weighted by Gasteiger charge is 2.23. The molecule has 0 bridgehead atoms. The van der Waals surface area contributed by atoms with E-state index in [1.54, 1.807) is 11.3 Å². The van der Waals surface area contributed by atoms with Crippen LogP contribution in [0.5, 0.6) is 5.75 Å². The fraction of sp³-hybridized carbons (Fsp3) is 0.375. The summed E-state index contributed by atoms with van der Waals surface area (Å²) in [6.07, 6.45) is 2.15. The first kappa shape index (κ1) is 14.1. The lowest BCUT2D eigenvalue weighted by molar-refractivity contribution is 0.350. The van der Waals surface area contributed by atoms with E-state index < -0.39 is 0 Å². The Balaban J connectivity index is 1.99. The van der Waals surface area contributed by atoms with E-state index in [1.807, 2.05) is 0 Å². The second kappa shape index (κ2) is 6.29. The maximum absolute atomic E-state index is 5.87. The van der Waals surface area contributed by atoms with Gasteiger partial charge in [0.25, 0.3) is 0 Å². The summed E-state index contributed by atoms with van der Waals surface area (Å²) >= 11 is 5.35. The minimum atomic E-state index is 0.222. The lowest BCUT2D eigenvalue weighted by Gasteiger charge is -2.20. The number of hydrogen-bond donors (Lipinski definition) is 1. The van der Waals surface area contributed by atoms with Crippen molar-refractivity contribution in [3.63, 3.8) is 0 Å². The zero-order chi connectivity index (χ0) is 13.9. The molecule has 1 aliphatic rings. The van der Waals surface area contributed by atoms with Crippen LogP contribution in [-0.4, -0.2) is 13.2 Å². The van der Waals surface area contributed by atoms with Crippen LogP contribution >= 0.6 is 27.3 Å². The third-order valence-electron chi connectivity index (χ3n) is 3.53. The van der Waals surface area contributed by atoms with E-state index in [0.29, 0.717) is 0 Å². The first-order chi connectivity index (χ1) is 9.79. The Kier molecular flexibility index (Phi) is 4.44. The second-order valence-electron chi connectivity index (χ2n) is 4.96. The van der Waals surface area contributed by atoms with Gasteiger partial charge in [0.05, 0.1) is 16.4 Å². The number of para-hydroxylation sites is 1. The van der Waals surface area contributed by atoms with Gasteiger partial charge in [-0.15, -0.1) is 11.3 Å². The van der Waals surface area contributed by atoms with Crippen molar-refractivity contribution in [1.82, 2.24) is 5.32 Å². The molecule has 106 valence electrons.